The van der Waals surface area contributed by atoms with E-state index in [2.05, 4.69) is 10.2 Å². The maximum absolute atomic E-state index is 15.0. The number of amides is 1. The van der Waals surface area contributed by atoms with Crippen LogP contribution in [0, 0.1) is 17.6 Å². The molecule has 6 nitrogen and oxygen atoms in total. The normalized spacial score (nSPS) is 13.2. The van der Waals surface area contributed by atoms with Gasteiger partial charge in [-0.05, 0) is 81.6 Å². The number of fused-ring (bicyclic) bond motifs is 1. The number of aromatic amines is 1. The molecule has 0 saturated heterocycles. The average Bonchev–Trinajstić information content (AvgIpc) is 3.30. The molecule has 0 fully saturated rings. The maximum atomic E-state index is 15.0. The topological polar surface area (TPSA) is 67.4 Å². The van der Waals surface area contributed by atoms with Crippen LogP contribution in [0.25, 0.3) is 10.9 Å². The van der Waals surface area contributed by atoms with Crippen LogP contribution in [-0.2, 0) is 4.74 Å². The van der Waals surface area contributed by atoms with E-state index >= 15 is 8.78 Å². The van der Waals surface area contributed by atoms with Crippen molar-refractivity contribution in [2.75, 3.05) is 19.7 Å². The van der Waals surface area contributed by atoms with Gasteiger partial charge in [-0.25, -0.2) is 13.6 Å². The molecule has 4 aromatic rings. The summed E-state index contributed by atoms with van der Waals surface area (Å²) in [6.07, 6.45) is 0.0308. The highest BCUT2D eigenvalue weighted by Gasteiger charge is 2.30. The van der Waals surface area contributed by atoms with Crippen LogP contribution >= 0.6 is 0 Å². The minimum atomic E-state index is -0.637. The highest BCUT2D eigenvalue weighted by molar-refractivity contribution is 5.79. The number of ether oxygens (including phenoxy) is 2. The number of aromatic nitrogens is 2. The molecule has 2 unspecified atom stereocenters. The van der Waals surface area contributed by atoms with Gasteiger partial charge in [0.1, 0.15) is 29.6 Å². The molecule has 41 heavy (non-hydrogen) atoms. The van der Waals surface area contributed by atoms with Crippen molar-refractivity contribution < 1.29 is 27.4 Å². The number of H-pyrrole nitrogens is 1. The SMILES string of the molecule is CCC(c1c(F)cccc1F)C(c1ccc(OCCN(CC)C(=O)OC(C)(C)C)cc1)c1ccc2[nH]nc(F)c2c1. The minimum Gasteiger partial charge on any atom is -0.492 e. The minimum absolute atomic E-state index is 0.00473. The Balaban J connectivity index is 1.61. The van der Waals surface area contributed by atoms with Gasteiger partial charge in [0, 0.05) is 23.9 Å². The third-order valence-electron chi connectivity index (χ3n) is 7.01. The molecule has 9 heteroatoms. The lowest BCUT2D eigenvalue weighted by molar-refractivity contribution is 0.0237. The van der Waals surface area contributed by atoms with Crippen LogP contribution in [0.1, 0.15) is 69.6 Å². The summed E-state index contributed by atoms with van der Waals surface area (Å²) in [5.74, 6) is -2.36. The summed E-state index contributed by atoms with van der Waals surface area (Å²) >= 11 is 0. The molecule has 2 atom stereocenters. The van der Waals surface area contributed by atoms with Gasteiger partial charge in [0.05, 0.1) is 17.4 Å². The number of carbonyl (C=O) groups excluding carboxylic acids is 1. The van der Waals surface area contributed by atoms with Gasteiger partial charge in [0.2, 0.25) is 5.95 Å². The zero-order valence-electron chi connectivity index (χ0n) is 24.0. The van der Waals surface area contributed by atoms with E-state index in [9.17, 15) is 9.18 Å². The molecule has 0 bridgehead atoms. The van der Waals surface area contributed by atoms with Gasteiger partial charge >= 0.3 is 6.09 Å². The molecule has 4 rings (SSSR count). The zero-order chi connectivity index (χ0) is 29.7. The number of hydrogen-bond acceptors (Lipinski definition) is 4. The first-order chi connectivity index (χ1) is 19.5. The Morgan fingerprint density at radius 3 is 2.24 bits per heavy atom. The number of likely N-dealkylation sites (N-methyl/N-ethyl adjacent to an activating group) is 1. The van der Waals surface area contributed by atoms with Crippen LogP contribution in [0.4, 0.5) is 18.0 Å². The van der Waals surface area contributed by atoms with E-state index < -0.39 is 41.1 Å². The van der Waals surface area contributed by atoms with Gasteiger partial charge in [-0.15, -0.1) is 5.10 Å². The Morgan fingerprint density at radius 1 is 0.976 bits per heavy atom. The first-order valence-electron chi connectivity index (χ1n) is 13.8. The lowest BCUT2D eigenvalue weighted by atomic mass is 9.75. The quantitative estimate of drug-likeness (QED) is 0.211. The predicted molar refractivity (Wildman–Crippen MR) is 153 cm³/mol. The number of rotatable bonds is 10. The monoisotopic (exact) mass is 567 g/mol. The van der Waals surface area contributed by atoms with Gasteiger partial charge in [0.15, 0.2) is 0 Å². The molecular formula is C32H36F3N3O3. The highest BCUT2D eigenvalue weighted by Crippen LogP contribution is 2.43. The van der Waals surface area contributed by atoms with E-state index in [1.165, 1.54) is 18.2 Å². The van der Waals surface area contributed by atoms with Crippen molar-refractivity contribution in [1.82, 2.24) is 15.1 Å². The van der Waals surface area contributed by atoms with Crippen molar-refractivity contribution in [3.8, 4) is 5.75 Å². The van der Waals surface area contributed by atoms with Crippen LogP contribution in [-0.4, -0.2) is 46.5 Å². The summed E-state index contributed by atoms with van der Waals surface area (Å²) in [4.78, 5) is 14.0. The maximum Gasteiger partial charge on any atom is 0.410 e. The van der Waals surface area contributed by atoms with Crippen molar-refractivity contribution in [3.63, 3.8) is 0 Å². The molecule has 0 spiro atoms. The number of benzene rings is 3. The summed E-state index contributed by atoms with van der Waals surface area (Å²) in [6.45, 7) is 10.3. The van der Waals surface area contributed by atoms with Crippen molar-refractivity contribution in [1.29, 1.82) is 0 Å². The number of nitrogens with one attached hydrogen (secondary N) is 1. The summed E-state index contributed by atoms with van der Waals surface area (Å²) in [5, 5.41) is 6.60. The lowest BCUT2D eigenvalue weighted by Gasteiger charge is -2.29. The van der Waals surface area contributed by atoms with Crippen LogP contribution in [0.15, 0.2) is 60.7 Å². The molecule has 218 valence electrons. The molecule has 1 amide bonds. The van der Waals surface area contributed by atoms with Gasteiger partial charge in [0.25, 0.3) is 0 Å². The van der Waals surface area contributed by atoms with Gasteiger partial charge < -0.3 is 14.4 Å². The van der Waals surface area contributed by atoms with Crippen molar-refractivity contribution >= 4 is 17.0 Å². The summed E-state index contributed by atoms with van der Waals surface area (Å²) in [6, 6.07) is 16.4. The summed E-state index contributed by atoms with van der Waals surface area (Å²) < 4.78 is 55.8. The van der Waals surface area contributed by atoms with Gasteiger partial charge in [-0.1, -0.05) is 31.2 Å². The zero-order valence-corrected chi connectivity index (χ0v) is 24.0. The average molecular weight is 568 g/mol. The second-order valence-corrected chi connectivity index (χ2v) is 10.9. The van der Waals surface area contributed by atoms with Crippen molar-refractivity contribution in [2.45, 2.75) is 58.5 Å². The second-order valence-electron chi connectivity index (χ2n) is 10.9. The first-order valence-corrected chi connectivity index (χ1v) is 13.8. The number of carbonyl (C=O) groups is 1. The number of hydrogen-bond donors (Lipinski definition) is 1. The number of halogens is 3. The fourth-order valence-corrected chi connectivity index (χ4v) is 5.07. The van der Waals surface area contributed by atoms with E-state index in [4.69, 9.17) is 9.47 Å². The van der Waals surface area contributed by atoms with Crippen molar-refractivity contribution in [2.24, 2.45) is 0 Å². The third-order valence-corrected chi connectivity index (χ3v) is 7.01. The van der Waals surface area contributed by atoms with E-state index in [0.717, 1.165) is 5.56 Å². The van der Waals surface area contributed by atoms with E-state index in [0.29, 0.717) is 41.7 Å². The predicted octanol–water partition coefficient (Wildman–Crippen LogP) is 7.94. The molecule has 1 aromatic heterocycles. The van der Waals surface area contributed by atoms with E-state index in [1.807, 2.05) is 52.8 Å². The molecule has 0 aliphatic rings. The smallest absolute Gasteiger partial charge is 0.410 e. The largest absolute Gasteiger partial charge is 0.492 e. The highest BCUT2D eigenvalue weighted by atomic mass is 19.1. The molecule has 0 saturated carbocycles. The summed E-state index contributed by atoms with van der Waals surface area (Å²) in [5.41, 5.74) is 1.44. The van der Waals surface area contributed by atoms with Crippen molar-refractivity contribution in [3.05, 3.63) is 94.9 Å². The van der Waals surface area contributed by atoms with Gasteiger partial charge in [-0.3, -0.25) is 5.10 Å². The summed E-state index contributed by atoms with van der Waals surface area (Å²) in [7, 11) is 0. The Hall–Kier alpha value is -4.01. The Morgan fingerprint density at radius 2 is 1.63 bits per heavy atom. The van der Waals surface area contributed by atoms with E-state index in [-0.39, 0.29) is 12.2 Å². The molecule has 3 aromatic carbocycles. The van der Waals surface area contributed by atoms with Crippen LogP contribution < -0.4 is 4.74 Å². The third kappa shape index (κ3) is 7.01. The Labute approximate surface area is 238 Å². The molecule has 1 N–H and O–H groups in total. The van der Waals surface area contributed by atoms with E-state index in [1.54, 1.807) is 29.2 Å². The Bertz CT molecular complexity index is 1460. The van der Waals surface area contributed by atoms with Crippen LogP contribution in [0.2, 0.25) is 0 Å². The van der Waals surface area contributed by atoms with Gasteiger partial charge in [-0.2, -0.15) is 4.39 Å². The molecule has 0 aliphatic carbocycles. The van der Waals surface area contributed by atoms with Crippen LogP contribution in [0.5, 0.6) is 5.75 Å². The lowest BCUT2D eigenvalue weighted by Crippen LogP contribution is -2.38. The fraction of sp³-hybridized carbons (Fsp3) is 0.375. The fourth-order valence-electron chi connectivity index (χ4n) is 5.07. The number of nitrogens with zero attached hydrogens (tertiary/aromatic N) is 2. The first kappa shape index (κ1) is 30.0. The molecule has 1 heterocycles. The molecule has 0 radical (unpaired) electrons. The second kappa shape index (κ2) is 12.7. The molecule has 0 aliphatic heterocycles. The molecular weight excluding hydrogens is 531 g/mol. The standard InChI is InChI=1S/C32H36F3N3O3/c1-6-23(29-25(33)9-8-10-26(29)34)28(21-13-16-27-24(19-21)30(35)37-36-27)20-11-14-22(15-12-20)40-18-17-38(7-2)31(39)41-32(3,4)5/h8-16,19,23,28H,6-7,17-18H2,1-5H3,(H,36,37). The van der Waals surface area contributed by atoms with Crippen LogP contribution in [0.3, 0.4) is 0 Å². The Kier molecular flexibility index (Phi) is 9.25.